The van der Waals surface area contributed by atoms with Crippen LogP contribution in [0, 0.1) is 11.7 Å². The lowest BCUT2D eigenvalue weighted by atomic mass is 10.1. The lowest BCUT2D eigenvalue weighted by molar-refractivity contribution is -0.143. The Morgan fingerprint density at radius 1 is 1.31 bits per heavy atom. The van der Waals surface area contributed by atoms with Crippen molar-refractivity contribution in [3.8, 4) is 5.69 Å². The van der Waals surface area contributed by atoms with Crippen LogP contribution in [0.5, 0.6) is 0 Å². The lowest BCUT2D eigenvalue weighted by Gasteiger charge is -2.18. The van der Waals surface area contributed by atoms with Crippen LogP contribution in [-0.4, -0.2) is 40.2 Å². The lowest BCUT2D eigenvalue weighted by Crippen LogP contribution is -2.31. The predicted molar refractivity (Wildman–Crippen MR) is 88.8 cm³/mol. The summed E-state index contributed by atoms with van der Waals surface area (Å²) in [6.45, 7) is 1.00. The van der Waals surface area contributed by atoms with Crippen molar-refractivity contribution in [2.75, 3.05) is 19.6 Å². The van der Waals surface area contributed by atoms with Gasteiger partial charge < -0.3 is 10.6 Å². The highest BCUT2D eigenvalue weighted by atomic mass is 35.5. The molecule has 142 valence electrons. The highest BCUT2D eigenvalue weighted by Gasteiger charge is 2.42. The van der Waals surface area contributed by atoms with Crippen LogP contribution < -0.4 is 5.73 Å². The first kappa shape index (κ1) is 20.2. The Balaban J connectivity index is 0.00000243. The summed E-state index contributed by atoms with van der Waals surface area (Å²) >= 11 is 0. The summed E-state index contributed by atoms with van der Waals surface area (Å²) in [7, 11) is 0. The van der Waals surface area contributed by atoms with Gasteiger partial charge in [0.15, 0.2) is 5.69 Å². The van der Waals surface area contributed by atoms with Gasteiger partial charge in [-0.1, -0.05) is 12.1 Å². The molecule has 3 rings (SSSR count). The molecule has 1 amide bonds. The highest BCUT2D eigenvalue weighted by Crippen LogP contribution is 2.35. The summed E-state index contributed by atoms with van der Waals surface area (Å²) in [5.74, 6) is -1.56. The molecule has 0 spiro atoms. The third kappa shape index (κ3) is 3.68. The van der Waals surface area contributed by atoms with Crippen molar-refractivity contribution in [2.45, 2.75) is 12.6 Å². The molecule has 1 aliphatic rings. The van der Waals surface area contributed by atoms with Gasteiger partial charge in [0, 0.05) is 13.1 Å². The van der Waals surface area contributed by atoms with Crippen LogP contribution in [-0.2, 0) is 6.18 Å². The molecule has 0 saturated carbocycles. The number of carbonyl (C=O) groups excluding carboxylic acids is 1. The maximum Gasteiger partial charge on any atom is 0.434 e. The molecule has 1 saturated heterocycles. The molecule has 0 aliphatic carbocycles. The fourth-order valence-electron chi connectivity index (χ4n) is 2.96. The number of carbonyl (C=O) groups is 1. The Morgan fingerprint density at radius 2 is 2.00 bits per heavy atom. The maximum absolute atomic E-state index is 13.9. The Labute approximate surface area is 153 Å². The van der Waals surface area contributed by atoms with Gasteiger partial charge in [0.1, 0.15) is 11.5 Å². The van der Waals surface area contributed by atoms with Gasteiger partial charge in [-0.2, -0.15) is 18.3 Å². The average molecular weight is 393 g/mol. The minimum Gasteiger partial charge on any atom is -0.338 e. The number of alkyl halides is 3. The first-order valence-electron chi connectivity index (χ1n) is 7.72. The van der Waals surface area contributed by atoms with Gasteiger partial charge in [0.2, 0.25) is 0 Å². The Morgan fingerprint density at radius 3 is 2.58 bits per heavy atom. The van der Waals surface area contributed by atoms with E-state index in [0.29, 0.717) is 30.7 Å². The zero-order chi connectivity index (χ0) is 18.2. The molecule has 0 bridgehead atoms. The van der Waals surface area contributed by atoms with Gasteiger partial charge >= 0.3 is 6.18 Å². The van der Waals surface area contributed by atoms with Crippen molar-refractivity contribution in [3.63, 3.8) is 0 Å². The largest absolute Gasteiger partial charge is 0.434 e. The van der Waals surface area contributed by atoms with Crippen LogP contribution in [0.4, 0.5) is 17.6 Å². The number of halogens is 5. The zero-order valence-corrected chi connectivity index (χ0v) is 14.4. The van der Waals surface area contributed by atoms with E-state index in [2.05, 4.69) is 5.10 Å². The van der Waals surface area contributed by atoms with Crippen molar-refractivity contribution >= 4 is 18.3 Å². The number of nitrogens with zero attached hydrogens (tertiary/aromatic N) is 3. The van der Waals surface area contributed by atoms with E-state index >= 15 is 0 Å². The number of nitrogens with two attached hydrogens (primary N) is 1. The van der Waals surface area contributed by atoms with Crippen LogP contribution in [0.1, 0.15) is 22.5 Å². The SMILES string of the molecule is Cl.NCC1CCN(C(=O)c2cnn(-c3ccccc3F)c2C(F)(F)F)C1. The van der Waals surface area contributed by atoms with Gasteiger partial charge in [-0.25, -0.2) is 9.07 Å². The Hall–Kier alpha value is -2.13. The van der Waals surface area contributed by atoms with Crippen LogP contribution in [0.2, 0.25) is 0 Å². The number of aromatic nitrogens is 2. The molecule has 26 heavy (non-hydrogen) atoms. The van der Waals surface area contributed by atoms with E-state index in [1.54, 1.807) is 0 Å². The number of rotatable bonds is 3. The minimum atomic E-state index is -4.86. The van der Waals surface area contributed by atoms with Crippen molar-refractivity contribution in [2.24, 2.45) is 11.7 Å². The van der Waals surface area contributed by atoms with E-state index in [1.807, 2.05) is 0 Å². The predicted octanol–water partition coefficient (Wildman–Crippen LogP) is 2.87. The molecule has 1 aliphatic heterocycles. The number of para-hydroxylation sites is 1. The number of hydrogen-bond donors (Lipinski definition) is 1. The van der Waals surface area contributed by atoms with Crippen molar-refractivity contribution < 1.29 is 22.4 Å². The normalized spacial score (nSPS) is 17.3. The van der Waals surface area contributed by atoms with Crippen molar-refractivity contribution in [3.05, 3.63) is 47.5 Å². The number of benzene rings is 1. The Kier molecular flexibility index (Phi) is 5.92. The summed E-state index contributed by atoms with van der Waals surface area (Å²) in [6.07, 6.45) is -3.38. The summed E-state index contributed by atoms with van der Waals surface area (Å²) in [6, 6.07) is 4.96. The molecular formula is C16H17ClF4N4O. The topological polar surface area (TPSA) is 64.2 Å². The second-order valence-corrected chi connectivity index (χ2v) is 5.91. The van der Waals surface area contributed by atoms with Gasteiger partial charge in [-0.3, -0.25) is 4.79 Å². The molecule has 1 atom stereocenters. The van der Waals surface area contributed by atoms with E-state index in [1.165, 1.54) is 23.1 Å². The molecule has 2 aromatic rings. The molecule has 10 heteroatoms. The van der Waals surface area contributed by atoms with Crippen LogP contribution in [0.25, 0.3) is 5.69 Å². The first-order valence-corrected chi connectivity index (χ1v) is 7.72. The molecule has 1 unspecified atom stereocenters. The fraction of sp³-hybridized carbons (Fsp3) is 0.375. The molecule has 1 aromatic heterocycles. The van der Waals surface area contributed by atoms with Gasteiger partial charge in [-0.15, -0.1) is 12.4 Å². The summed E-state index contributed by atoms with van der Waals surface area (Å²) < 4.78 is 55.1. The van der Waals surface area contributed by atoms with E-state index in [0.717, 1.165) is 12.3 Å². The molecular weight excluding hydrogens is 376 g/mol. The third-order valence-corrected chi connectivity index (χ3v) is 4.26. The van der Waals surface area contributed by atoms with Crippen LogP contribution >= 0.6 is 12.4 Å². The van der Waals surface area contributed by atoms with E-state index < -0.39 is 29.2 Å². The second-order valence-electron chi connectivity index (χ2n) is 5.91. The summed E-state index contributed by atoms with van der Waals surface area (Å²) in [5, 5.41) is 3.63. The highest BCUT2D eigenvalue weighted by molar-refractivity contribution is 5.95. The van der Waals surface area contributed by atoms with Crippen molar-refractivity contribution in [1.82, 2.24) is 14.7 Å². The average Bonchev–Trinajstić information content (AvgIpc) is 3.21. The molecule has 2 N–H and O–H groups in total. The molecule has 1 aromatic carbocycles. The molecule has 0 radical (unpaired) electrons. The number of hydrogen-bond acceptors (Lipinski definition) is 3. The van der Waals surface area contributed by atoms with Crippen LogP contribution in [0.3, 0.4) is 0 Å². The van der Waals surface area contributed by atoms with Gasteiger partial charge in [0.25, 0.3) is 5.91 Å². The van der Waals surface area contributed by atoms with E-state index in [-0.39, 0.29) is 24.0 Å². The van der Waals surface area contributed by atoms with Crippen molar-refractivity contribution in [1.29, 1.82) is 0 Å². The Bertz CT molecular complexity index is 793. The second kappa shape index (κ2) is 7.63. The monoisotopic (exact) mass is 392 g/mol. The van der Waals surface area contributed by atoms with Gasteiger partial charge in [0.05, 0.1) is 11.8 Å². The number of amides is 1. The van der Waals surface area contributed by atoms with Gasteiger partial charge in [-0.05, 0) is 31.0 Å². The number of likely N-dealkylation sites (tertiary alicyclic amines) is 1. The third-order valence-electron chi connectivity index (χ3n) is 4.26. The first-order chi connectivity index (χ1) is 11.8. The zero-order valence-electron chi connectivity index (χ0n) is 13.5. The molecule has 1 fully saturated rings. The smallest absolute Gasteiger partial charge is 0.338 e. The minimum absolute atomic E-state index is 0. The quantitative estimate of drug-likeness (QED) is 0.817. The van der Waals surface area contributed by atoms with Crippen LogP contribution in [0.15, 0.2) is 30.5 Å². The standard InChI is InChI=1S/C16H16F4N4O.ClH/c17-12-3-1-2-4-13(12)24-14(16(18,19)20)11(8-22-24)15(25)23-6-5-10(7-21)9-23;/h1-4,8,10H,5-7,9,21H2;1H. The molecule has 2 heterocycles. The molecule has 5 nitrogen and oxygen atoms in total. The maximum atomic E-state index is 13.9. The van der Waals surface area contributed by atoms with E-state index in [4.69, 9.17) is 5.73 Å². The fourth-order valence-corrected chi connectivity index (χ4v) is 2.96. The summed E-state index contributed by atoms with van der Waals surface area (Å²) in [5.41, 5.74) is 3.32. The summed E-state index contributed by atoms with van der Waals surface area (Å²) in [4.78, 5) is 13.9. The van der Waals surface area contributed by atoms with E-state index in [9.17, 15) is 22.4 Å².